The van der Waals surface area contributed by atoms with Crippen LogP contribution < -0.4 is 10.5 Å². The van der Waals surface area contributed by atoms with Gasteiger partial charge in [0.2, 0.25) is 0 Å². The van der Waals surface area contributed by atoms with E-state index in [4.69, 9.17) is 33.7 Å². The summed E-state index contributed by atoms with van der Waals surface area (Å²) in [5.41, 5.74) is 11.3. The Morgan fingerprint density at radius 3 is 2.33 bits per heavy atom. The zero-order chi connectivity index (χ0) is 21.1. The molecule has 1 heterocycles. The van der Waals surface area contributed by atoms with Crippen LogP contribution in [0.1, 0.15) is 22.7 Å². The largest absolute Gasteiger partial charge is 0.497 e. The molecule has 4 rings (SSSR count). The van der Waals surface area contributed by atoms with Crippen LogP contribution >= 0.6 is 34.5 Å². The van der Waals surface area contributed by atoms with E-state index in [2.05, 4.69) is 41.4 Å². The number of anilines is 1. The number of halogens is 2. The van der Waals surface area contributed by atoms with E-state index < -0.39 is 0 Å². The third kappa shape index (κ3) is 4.62. The molecule has 0 fully saturated rings. The molecule has 0 unspecified atom stereocenters. The van der Waals surface area contributed by atoms with Crippen LogP contribution in [0, 0.1) is 0 Å². The van der Waals surface area contributed by atoms with E-state index >= 15 is 0 Å². The molecule has 30 heavy (non-hydrogen) atoms. The van der Waals surface area contributed by atoms with Crippen LogP contribution in [0.5, 0.6) is 5.75 Å². The second-order valence-electron chi connectivity index (χ2n) is 6.96. The summed E-state index contributed by atoms with van der Waals surface area (Å²) in [7, 11) is 1.67. The molecule has 0 bridgehead atoms. The molecule has 3 aromatic carbocycles. The minimum Gasteiger partial charge on any atom is -0.497 e. The number of nitrogens with two attached hydrogens (primary N) is 1. The third-order valence-electron chi connectivity index (χ3n) is 5.05. The van der Waals surface area contributed by atoms with Gasteiger partial charge in [0.05, 0.1) is 12.8 Å². The number of hydrogen-bond donors (Lipinski definition) is 1. The van der Waals surface area contributed by atoms with E-state index in [1.165, 1.54) is 22.5 Å². The molecule has 2 N–H and O–H groups in total. The number of nitrogen functional groups attached to an aromatic ring is 1. The molecule has 152 valence electrons. The molecule has 0 saturated carbocycles. The van der Waals surface area contributed by atoms with Crippen LogP contribution in [-0.2, 0) is 6.42 Å². The summed E-state index contributed by atoms with van der Waals surface area (Å²) in [4.78, 5) is 4.55. The quantitative estimate of drug-likeness (QED) is 0.338. The van der Waals surface area contributed by atoms with Crippen molar-refractivity contribution in [1.29, 1.82) is 0 Å². The smallest absolute Gasteiger partial charge is 0.180 e. The van der Waals surface area contributed by atoms with E-state index in [-0.39, 0.29) is 5.92 Å². The van der Waals surface area contributed by atoms with Crippen LogP contribution in [0.3, 0.4) is 0 Å². The number of methoxy groups -OCH3 is 1. The summed E-state index contributed by atoms with van der Waals surface area (Å²) >= 11 is 13.8. The van der Waals surface area contributed by atoms with E-state index in [1.807, 2.05) is 29.6 Å². The number of hydrogen-bond acceptors (Lipinski definition) is 4. The van der Waals surface area contributed by atoms with Crippen molar-refractivity contribution in [3.8, 4) is 16.9 Å². The Kier molecular flexibility index (Phi) is 6.28. The first-order chi connectivity index (χ1) is 14.5. The first-order valence-corrected chi connectivity index (χ1v) is 11.1. The van der Waals surface area contributed by atoms with Crippen molar-refractivity contribution in [1.82, 2.24) is 4.98 Å². The molecule has 0 aliphatic rings. The number of aromatic nitrogens is 1. The maximum absolute atomic E-state index is 6.36. The van der Waals surface area contributed by atoms with Crippen LogP contribution in [0.15, 0.2) is 72.1 Å². The molecule has 1 aromatic heterocycles. The standard InChI is InChI=1S/C24H20Cl2N2OS/c1-29-19-9-6-17(7-10-19)21(23-14-30-24(27)28-23)12-15-2-4-16(5-3-15)20-11-8-18(25)13-22(20)26/h2-11,13-14,21H,12H2,1H3,(H2,27,28)/t21-/m0/s1. The van der Waals surface area contributed by atoms with Gasteiger partial charge >= 0.3 is 0 Å². The highest BCUT2D eigenvalue weighted by molar-refractivity contribution is 7.13. The number of thiazole rings is 1. The minimum absolute atomic E-state index is 0.106. The van der Waals surface area contributed by atoms with Gasteiger partial charge in [0.15, 0.2) is 5.13 Å². The molecule has 3 nitrogen and oxygen atoms in total. The van der Waals surface area contributed by atoms with Crippen molar-refractivity contribution < 1.29 is 4.74 Å². The van der Waals surface area contributed by atoms with Gasteiger partial charge in [-0.1, -0.05) is 65.7 Å². The normalized spacial score (nSPS) is 12.0. The van der Waals surface area contributed by atoms with E-state index in [9.17, 15) is 0 Å². The van der Waals surface area contributed by atoms with Crippen molar-refractivity contribution in [3.05, 3.63) is 99.0 Å². The second kappa shape index (κ2) is 9.09. The van der Waals surface area contributed by atoms with Gasteiger partial charge in [-0.15, -0.1) is 11.3 Å². The summed E-state index contributed by atoms with van der Waals surface area (Å²) < 4.78 is 5.30. The molecular formula is C24H20Cl2N2OS. The Morgan fingerprint density at radius 1 is 1.00 bits per heavy atom. The predicted molar refractivity (Wildman–Crippen MR) is 127 cm³/mol. The van der Waals surface area contributed by atoms with Gasteiger partial charge < -0.3 is 10.5 Å². The summed E-state index contributed by atoms with van der Waals surface area (Å²) in [6, 6.07) is 22.1. The summed E-state index contributed by atoms with van der Waals surface area (Å²) in [5, 5.41) is 3.89. The van der Waals surface area contributed by atoms with Gasteiger partial charge in [-0.25, -0.2) is 4.98 Å². The lowest BCUT2D eigenvalue weighted by molar-refractivity contribution is 0.414. The molecule has 0 aliphatic heterocycles. The van der Waals surface area contributed by atoms with Crippen molar-refractivity contribution in [3.63, 3.8) is 0 Å². The Balaban J connectivity index is 1.62. The zero-order valence-electron chi connectivity index (χ0n) is 16.3. The molecule has 0 amide bonds. The van der Waals surface area contributed by atoms with E-state index in [0.29, 0.717) is 15.2 Å². The van der Waals surface area contributed by atoms with Crippen LogP contribution in [0.4, 0.5) is 5.13 Å². The number of benzene rings is 3. The fourth-order valence-corrected chi connectivity index (χ4v) is 4.60. The maximum Gasteiger partial charge on any atom is 0.180 e. The molecule has 0 saturated heterocycles. The second-order valence-corrected chi connectivity index (χ2v) is 8.69. The first-order valence-electron chi connectivity index (χ1n) is 9.42. The molecule has 1 atom stereocenters. The van der Waals surface area contributed by atoms with Gasteiger partial charge in [-0.2, -0.15) is 0 Å². The molecule has 4 aromatic rings. The fraction of sp³-hybridized carbons (Fsp3) is 0.125. The predicted octanol–water partition coefficient (Wildman–Crippen LogP) is 7.08. The van der Waals surface area contributed by atoms with Gasteiger partial charge in [0.25, 0.3) is 0 Å². The maximum atomic E-state index is 6.36. The highest BCUT2D eigenvalue weighted by Crippen LogP contribution is 2.33. The lowest BCUT2D eigenvalue weighted by Crippen LogP contribution is -2.06. The van der Waals surface area contributed by atoms with Crippen LogP contribution in [0.2, 0.25) is 10.0 Å². The molecule has 0 spiro atoms. The first kappa shape index (κ1) is 20.7. The zero-order valence-corrected chi connectivity index (χ0v) is 18.6. The Morgan fingerprint density at radius 2 is 1.73 bits per heavy atom. The Hall–Kier alpha value is -2.53. The van der Waals surface area contributed by atoms with Gasteiger partial charge in [0, 0.05) is 26.9 Å². The fourth-order valence-electron chi connectivity index (χ4n) is 3.47. The molecule has 0 radical (unpaired) electrons. The average Bonchev–Trinajstić information content (AvgIpc) is 3.19. The monoisotopic (exact) mass is 454 g/mol. The minimum atomic E-state index is 0.106. The Labute approximate surface area is 190 Å². The van der Waals surface area contributed by atoms with Gasteiger partial charge in [-0.3, -0.25) is 0 Å². The highest BCUT2D eigenvalue weighted by Gasteiger charge is 2.18. The third-order valence-corrected chi connectivity index (χ3v) is 6.29. The van der Waals surface area contributed by atoms with Gasteiger partial charge in [0.1, 0.15) is 5.75 Å². The molecular weight excluding hydrogens is 435 g/mol. The SMILES string of the molecule is COc1ccc([C@H](Cc2ccc(-c3ccc(Cl)cc3Cl)cc2)c2csc(N)n2)cc1. The van der Waals surface area contributed by atoms with Crippen LogP contribution in [-0.4, -0.2) is 12.1 Å². The lowest BCUT2D eigenvalue weighted by atomic mass is 9.89. The van der Waals surface area contributed by atoms with Crippen molar-refractivity contribution in [2.24, 2.45) is 0 Å². The summed E-state index contributed by atoms with van der Waals surface area (Å²) in [6.45, 7) is 0. The molecule has 6 heteroatoms. The summed E-state index contributed by atoms with van der Waals surface area (Å²) in [5.74, 6) is 0.939. The van der Waals surface area contributed by atoms with Crippen molar-refractivity contribution in [2.45, 2.75) is 12.3 Å². The number of nitrogens with zero attached hydrogens (tertiary/aromatic N) is 1. The van der Waals surface area contributed by atoms with E-state index in [1.54, 1.807) is 13.2 Å². The topological polar surface area (TPSA) is 48.1 Å². The Bertz CT molecular complexity index is 1140. The average molecular weight is 455 g/mol. The number of rotatable bonds is 6. The van der Waals surface area contributed by atoms with Crippen molar-refractivity contribution in [2.75, 3.05) is 12.8 Å². The summed E-state index contributed by atoms with van der Waals surface area (Å²) in [6.07, 6.45) is 0.810. The lowest BCUT2D eigenvalue weighted by Gasteiger charge is -2.17. The van der Waals surface area contributed by atoms with E-state index in [0.717, 1.165) is 29.0 Å². The van der Waals surface area contributed by atoms with Crippen LogP contribution in [0.25, 0.3) is 11.1 Å². The van der Waals surface area contributed by atoms with Crippen molar-refractivity contribution >= 4 is 39.7 Å². The molecule has 0 aliphatic carbocycles. The highest BCUT2D eigenvalue weighted by atomic mass is 35.5. The van der Waals surface area contributed by atoms with Gasteiger partial charge in [-0.05, 0) is 47.4 Å². The number of ether oxygens (including phenoxy) is 1.